The molecule has 2 aromatic carbocycles. The molecule has 0 bridgehead atoms. The van der Waals surface area contributed by atoms with Crippen LogP contribution >= 0.6 is 0 Å². The zero-order chi connectivity index (χ0) is 21.8. The molecule has 160 valence electrons. The van der Waals surface area contributed by atoms with Gasteiger partial charge >= 0.3 is 0 Å². The van der Waals surface area contributed by atoms with Gasteiger partial charge < -0.3 is 4.98 Å². The van der Waals surface area contributed by atoms with E-state index >= 15 is 0 Å². The Bertz CT molecular complexity index is 1160. The smallest absolute Gasteiger partial charge is 0.230 e. The molecule has 2 aromatic heterocycles. The summed E-state index contributed by atoms with van der Waals surface area (Å²) >= 11 is 0. The van der Waals surface area contributed by atoms with E-state index < -0.39 is 0 Å². The molecule has 1 aliphatic heterocycles. The molecule has 1 fully saturated rings. The highest BCUT2D eigenvalue weighted by Gasteiger charge is 2.23. The third-order valence-electron chi connectivity index (χ3n) is 6.02. The van der Waals surface area contributed by atoms with Crippen molar-refractivity contribution in [3.05, 3.63) is 102 Å². The molecular formula is C26H25N5O. The monoisotopic (exact) mass is 423 g/mol. The van der Waals surface area contributed by atoms with Crippen LogP contribution in [0.4, 0.5) is 0 Å². The van der Waals surface area contributed by atoms with Gasteiger partial charge in [-0.3, -0.25) is 9.69 Å². The van der Waals surface area contributed by atoms with Gasteiger partial charge in [0.15, 0.2) is 0 Å². The largest absolute Gasteiger partial charge is 0.342 e. The van der Waals surface area contributed by atoms with Crippen LogP contribution in [0.5, 0.6) is 0 Å². The minimum absolute atomic E-state index is 0.176. The van der Waals surface area contributed by atoms with Gasteiger partial charge in [-0.25, -0.2) is 15.0 Å². The SMILES string of the molecule is O=C(c1ccccc1)c1ncc(-c2cnc(C3CCN(Cc4ccccc4)CC3)[nH]2)cn1. The molecule has 0 aliphatic carbocycles. The summed E-state index contributed by atoms with van der Waals surface area (Å²) in [5, 5.41) is 0. The molecule has 0 amide bonds. The average molecular weight is 424 g/mol. The highest BCUT2D eigenvalue weighted by atomic mass is 16.1. The van der Waals surface area contributed by atoms with Gasteiger partial charge in [0.05, 0.1) is 11.9 Å². The van der Waals surface area contributed by atoms with Crippen molar-refractivity contribution in [2.45, 2.75) is 25.3 Å². The van der Waals surface area contributed by atoms with E-state index in [0.717, 1.165) is 49.6 Å². The maximum Gasteiger partial charge on any atom is 0.230 e. The van der Waals surface area contributed by atoms with Crippen LogP contribution in [0.2, 0.25) is 0 Å². The molecule has 3 heterocycles. The first kappa shape index (κ1) is 20.3. The number of benzene rings is 2. The van der Waals surface area contributed by atoms with Gasteiger partial charge in [-0.15, -0.1) is 0 Å². The Morgan fingerprint density at radius 2 is 1.53 bits per heavy atom. The standard InChI is InChI=1S/C26H25N5O/c32-24(20-9-5-2-6-10-20)26-27-15-22(16-28-26)23-17-29-25(30-23)21-11-13-31(14-12-21)18-19-7-3-1-4-8-19/h1-10,15-17,21H,11-14,18H2,(H,29,30). The summed E-state index contributed by atoms with van der Waals surface area (Å²) in [4.78, 5) is 31.7. The molecule has 1 saturated heterocycles. The molecule has 0 atom stereocenters. The van der Waals surface area contributed by atoms with Gasteiger partial charge in [0.2, 0.25) is 11.6 Å². The molecule has 4 aromatic rings. The van der Waals surface area contributed by atoms with E-state index in [2.05, 4.69) is 55.2 Å². The van der Waals surface area contributed by atoms with Gasteiger partial charge in [0.25, 0.3) is 0 Å². The van der Waals surface area contributed by atoms with Crippen molar-refractivity contribution < 1.29 is 4.79 Å². The molecule has 1 N–H and O–H groups in total. The van der Waals surface area contributed by atoms with Gasteiger partial charge in [-0.1, -0.05) is 60.7 Å². The first-order valence-corrected chi connectivity index (χ1v) is 11.0. The quantitative estimate of drug-likeness (QED) is 0.463. The number of hydrogen-bond acceptors (Lipinski definition) is 5. The topological polar surface area (TPSA) is 74.8 Å². The van der Waals surface area contributed by atoms with E-state index in [4.69, 9.17) is 0 Å². The van der Waals surface area contributed by atoms with Crippen molar-refractivity contribution in [3.63, 3.8) is 0 Å². The van der Waals surface area contributed by atoms with E-state index in [-0.39, 0.29) is 11.6 Å². The van der Waals surface area contributed by atoms with Crippen LogP contribution in [0.15, 0.2) is 79.3 Å². The summed E-state index contributed by atoms with van der Waals surface area (Å²) in [6.45, 7) is 3.13. The molecule has 6 heteroatoms. The van der Waals surface area contributed by atoms with Crippen LogP contribution < -0.4 is 0 Å². The number of rotatable bonds is 6. The minimum Gasteiger partial charge on any atom is -0.342 e. The number of imidazole rings is 1. The number of ketones is 1. The fourth-order valence-corrected chi connectivity index (χ4v) is 4.20. The second kappa shape index (κ2) is 9.24. The summed E-state index contributed by atoms with van der Waals surface area (Å²) in [7, 11) is 0. The molecular weight excluding hydrogens is 398 g/mol. The van der Waals surface area contributed by atoms with Crippen molar-refractivity contribution in [2.24, 2.45) is 0 Å². The zero-order valence-corrected chi connectivity index (χ0v) is 17.8. The average Bonchev–Trinajstić information content (AvgIpc) is 3.36. The molecule has 0 saturated carbocycles. The van der Waals surface area contributed by atoms with Crippen molar-refractivity contribution in [1.29, 1.82) is 0 Å². The Labute approximate surface area is 187 Å². The third kappa shape index (κ3) is 4.50. The van der Waals surface area contributed by atoms with Gasteiger partial charge in [0, 0.05) is 36.0 Å². The number of aromatic amines is 1. The van der Waals surface area contributed by atoms with Crippen molar-refractivity contribution >= 4 is 5.78 Å². The Hall–Kier alpha value is -3.64. The maximum atomic E-state index is 12.5. The molecule has 6 nitrogen and oxygen atoms in total. The van der Waals surface area contributed by atoms with E-state index in [1.165, 1.54) is 5.56 Å². The van der Waals surface area contributed by atoms with Crippen LogP contribution in [0.1, 0.15) is 46.3 Å². The lowest BCUT2D eigenvalue weighted by Gasteiger charge is -2.31. The Balaban J connectivity index is 1.21. The summed E-state index contributed by atoms with van der Waals surface area (Å²) in [6.07, 6.45) is 7.37. The summed E-state index contributed by atoms with van der Waals surface area (Å²) in [5.41, 5.74) is 3.66. The molecule has 0 unspecified atom stereocenters. The highest BCUT2D eigenvalue weighted by Crippen LogP contribution is 2.28. The first-order chi connectivity index (χ1) is 15.8. The van der Waals surface area contributed by atoms with E-state index in [9.17, 15) is 4.79 Å². The Kier molecular flexibility index (Phi) is 5.85. The predicted molar refractivity (Wildman–Crippen MR) is 123 cm³/mol. The molecule has 0 radical (unpaired) electrons. The number of H-pyrrole nitrogens is 1. The number of likely N-dealkylation sites (tertiary alicyclic amines) is 1. The lowest BCUT2D eigenvalue weighted by Crippen LogP contribution is -2.32. The van der Waals surface area contributed by atoms with Crippen molar-refractivity contribution in [3.8, 4) is 11.3 Å². The fourth-order valence-electron chi connectivity index (χ4n) is 4.20. The predicted octanol–water partition coefficient (Wildman–Crippen LogP) is 4.48. The number of aromatic nitrogens is 4. The maximum absolute atomic E-state index is 12.5. The lowest BCUT2D eigenvalue weighted by atomic mass is 9.96. The number of hydrogen-bond donors (Lipinski definition) is 1. The lowest BCUT2D eigenvalue weighted by molar-refractivity contribution is 0.102. The van der Waals surface area contributed by atoms with E-state index in [1.807, 2.05) is 24.4 Å². The fraction of sp³-hybridized carbons (Fsp3) is 0.231. The normalized spacial score (nSPS) is 15.0. The number of carbonyl (C=O) groups excluding carboxylic acids is 1. The molecule has 0 spiro atoms. The number of nitrogens with one attached hydrogen (secondary N) is 1. The van der Waals surface area contributed by atoms with Crippen molar-refractivity contribution in [2.75, 3.05) is 13.1 Å². The Morgan fingerprint density at radius 3 is 2.22 bits per heavy atom. The van der Waals surface area contributed by atoms with Crippen LogP contribution in [0.25, 0.3) is 11.3 Å². The molecule has 5 rings (SSSR count). The summed E-state index contributed by atoms with van der Waals surface area (Å²) < 4.78 is 0. The van der Waals surface area contributed by atoms with Crippen LogP contribution in [0, 0.1) is 0 Å². The number of piperidine rings is 1. The van der Waals surface area contributed by atoms with Gasteiger partial charge in [0.1, 0.15) is 5.82 Å². The van der Waals surface area contributed by atoms with Crippen molar-refractivity contribution in [1.82, 2.24) is 24.8 Å². The highest BCUT2D eigenvalue weighted by molar-refractivity contribution is 6.06. The minimum atomic E-state index is -0.176. The summed E-state index contributed by atoms with van der Waals surface area (Å²) in [5.74, 6) is 1.47. The van der Waals surface area contributed by atoms with Crippen LogP contribution in [-0.4, -0.2) is 43.7 Å². The number of carbonyl (C=O) groups is 1. The first-order valence-electron chi connectivity index (χ1n) is 11.0. The van der Waals surface area contributed by atoms with Crippen LogP contribution in [-0.2, 0) is 6.54 Å². The third-order valence-corrected chi connectivity index (χ3v) is 6.02. The van der Waals surface area contributed by atoms with Gasteiger partial charge in [-0.2, -0.15) is 0 Å². The van der Waals surface area contributed by atoms with Crippen LogP contribution in [0.3, 0.4) is 0 Å². The second-order valence-corrected chi connectivity index (χ2v) is 8.21. The molecule has 32 heavy (non-hydrogen) atoms. The second-order valence-electron chi connectivity index (χ2n) is 8.21. The van der Waals surface area contributed by atoms with E-state index in [1.54, 1.807) is 24.5 Å². The Morgan fingerprint density at radius 1 is 0.875 bits per heavy atom. The molecule has 1 aliphatic rings. The summed E-state index contributed by atoms with van der Waals surface area (Å²) in [6, 6.07) is 19.7. The van der Waals surface area contributed by atoms with Gasteiger partial charge in [-0.05, 0) is 31.5 Å². The van der Waals surface area contributed by atoms with E-state index in [0.29, 0.717) is 11.5 Å². The zero-order valence-electron chi connectivity index (χ0n) is 17.8. The number of nitrogens with zero attached hydrogens (tertiary/aromatic N) is 4.